The number of nitrogens with zero attached hydrogens (tertiary/aromatic N) is 4. The van der Waals surface area contributed by atoms with Crippen LogP contribution in [0.5, 0.6) is 0 Å². The van der Waals surface area contributed by atoms with Crippen LogP contribution in [0.25, 0.3) is 10.4 Å². The molecule has 1 saturated carbocycles. The first kappa shape index (κ1) is 19.9. The molecule has 0 bridgehead atoms. The predicted octanol–water partition coefficient (Wildman–Crippen LogP) is 2.20. The van der Waals surface area contributed by atoms with Crippen molar-refractivity contribution in [2.45, 2.75) is 18.9 Å². The average Bonchev–Trinajstić information content (AvgIpc) is 3.09. The van der Waals surface area contributed by atoms with Crippen molar-refractivity contribution >= 4 is 23.4 Å². The number of rotatable bonds is 7. The Morgan fingerprint density at radius 3 is 2.44 bits per heavy atom. The van der Waals surface area contributed by atoms with Crippen LogP contribution in [0.4, 0.5) is 5.69 Å². The molecular weight excluding hydrogens is 360 g/mol. The van der Waals surface area contributed by atoms with E-state index in [9.17, 15) is 24.5 Å². The molecule has 142 valence electrons. The van der Waals surface area contributed by atoms with Gasteiger partial charge in [-0.05, 0) is 30.5 Å². The molecule has 1 fully saturated rings. The van der Waals surface area contributed by atoms with Crippen LogP contribution in [-0.2, 0) is 19.1 Å². The van der Waals surface area contributed by atoms with E-state index < -0.39 is 47.1 Å². The summed E-state index contributed by atoms with van der Waals surface area (Å²) in [5.41, 5.74) is 8.28. The van der Waals surface area contributed by atoms with Crippen molar-refractivity contribution < 1.29 is 28.8 Å². The lowest BCUT2D eigenvalue weighted by molar-refractivity contribution is -0.384. The van der Waals surface area contributed by atoms with Gasteiger partial charge in [0.2, 0.25) is 0 Å². The van der Waals surface area contributed by atoms with E-state index in [2.05, 4.69) is 10.0 Å². The Bertz CT molecular complexity index is 801. The number of carbonyl (C=O) groups is 3. The SMILES string of the molecule is COC(=O)[C@@H]1C[C@@H](OC(=O)c2ccc([N+](=O)[O-])cc2)C[C@H]1C(=O)CN=[N+]=[N-]. The highest BCUT2D eigenvalue weighted by atomic mass is 16.6. The lowest BCUT2D eigenvalue weighted by Crippen LogP contribution is -2.27. The third-order valence-corrected chi connectivity index (χ3v) is 4.31. The van der Waals surface area contributed by atoms with E-state index >= 15 is 0 Å². The normalized spacial score (nSPS) is 21.0. The third-order valence-electron chi connectivity index (χ3n) is 4.31. The number of nitro groups is 1. The van der Waals surface area contributed by atoms with Gasteiger partial charge in [-0.2, -0.15) is 0 Å². The van der Waals surface area contributed by atoms with Crippen LogP contribution in [0.1, 0.15) is 23.2 Å². The molecule has 1 aliphatic rings. The van der Waals surface area contributed by atoms with Gasteiger partial charge in [0.05, 0.1) is 30.1 Å². The number of hydrogen-bond acceptors (Lipinski definition) is 8. The van der Waals surface area contributed by atoms with E-state index in [4.69, 9.17) is 15.0 Å². The second-order valence-electron chi connectivity index (χ2n) is 5.89. The van der Waals surface area contributed by atoms with E-state index in [0.29, 0.717) is 0 Å². The van der Waals surface area contributed by atoms with Crippen LogP contribution in [0, 0.1) is 22.0 Å². The average molecular weight is 376 g/mol. The second kappa shape index (κ2) is 8.77. The summed E-state index contributed by atoms with van der Waals surface area (Å²) in [6.07, 6.45) is -0.520. The topological polar surface area (TPSA) is 162 Å². The number of ketones is 1. The Kier molecular flexibility index (Phi) is 6.45. The summed E-state index contributed by atoms with van der Waals surface area (Å²) in [4.78, 5) is 48.9. The third kappa shape index (κ3) is 4.79. The van der Waals surface area contributed by atoms with Gasteiger partial charge in [0.25, 0.3) is 5.69 Å². The first-order chi connectivity index (χ1) is 12.9. The zero-order chi connectivity index (χ0) is 20.0. The number of ether oxygens (including phenoxy) is 2. The predicted molar refractivity (Wildman–Crippen MR) is 89.5 cm³/mol. The van der Waals surface area contributed by atoms with Crippen LogP contribution in [0.2, 0.25) is 0 Å². The molecule has 2 rings (SSSR count). The highest BCUT2D eigenvalue weighted by Gasteiger charge is 2.44. The van der Waals surface area contributed by atoms with Gasteiger partial charge in [-0.3, -0.25) is 19.7 Å². The number of esters is 2. The molecule has 1 aromatic rings. The molecule has 0 aliphatic heterocycles. The maximum absolute atomic E-state index is 12.2. The Morgan fingerprint density at radius 1 is 1.26 bits per heavy atom. The van der Waals surface area contributed by atoms with Crippen molar-refractivity contribution in [1.82, 2.24) is 0 Å². The summed E-state index contributed by atoms with van der Waals surface area (Å²) in [6, 6.07) is 4.87. The van der Waals surface area contributed by atoms with Crippen LogP contribution in [0.15, 0.2) is 29.4 Å². The van der Waals surface area contributed by atoms with Crippen LogP contribution in [-0.4, -0.2) is 42.4 Å². The quantitative estimate of drug-likeness (QED) is 0.176. The molecule has 1 aromatic carbocycles. The van der Waals surface area contributed by atoms with E-state index in [1.807, 2.05) is 0 Å². The van der Waals surface area contributed by atoms with Gasteiger partial charge in [0.1, 0.15) is 11.9 Å². The summed E-state index contributed by atoms with van der Waals surface area (Å²) in [5, 5.41) is 13.9. The van der Waals surface area contributed by atoms with Crippen molar-refractivity contribution in [2.75, 3.05) is 13.7 Å². The number of non-ortho nitro benzene ring substituents is 1. The molecule has 0 spiro atoms. The van der Waals surface area contributed by atoms with Crippen LogP contribution >= 0.6 is 0 Å². The van der Waals surface area contributed by atoms with Gasteiger partial charge in [-0.25, -0.2) is 4.79 Å². The smallest absolute Gasteiger partial charge is 0.338 e. The number of nitro benzene ring substituents is 1. The van der Waals surface area contributed by atoms with E-state index in [1.165, 1.54) is 31.4 Å². The van der Waals surface area contributed by atoms with Crippen LogP contribution in [0.3, 0.4) is 0 Å². The van der Waals surface area contributed by atoms with Gasteiger partial charge in [0, 0.05) is 23.0 Å². The van der Waals surface area contributed by atoms with Crippen molar-refractivity contribution in [3.8, 4) is 0 Å². The van der Waals surface area contributed by atoms with Gasteiger partial charge in [-0.15, -0.1) is 0 Å². The summed E-state index contributed by atoms with van der Waals surface area (Å²) < 4.78 is 10.0. The molecular formula is C16H16N4O7. The van der Waals surface area contributed by atoms with Crippen LogP contribution < -0.4 is 0 Å². The van der Waals surface area contributed by atoms with Crippen molar-refractivity contribution in [1.29, 1.82) is 0 Å². The molecule has 0 unspecified atom stereocenters. The van der Waals surface area contributed by atoms with Gasteiger partial charge < -0.3 is 9.47 Å². The van der Waals surface area contributed by atoms with Gasteiger partial charge in [0.15, 0.2) is 0 Å². The Labute approximate surface area is 153 Å². The fraction of sp³-hybridized carbons (Fsp3) is 0.438. The largest absolute Gasteiger partial charge is 0.469 e. The molecule has 1 aliphatic carbocycles. The monoisotopic (exact) mass is 376 g/mol. The number of hydrogen-bond donors (Lipinski definition) is 0. The highest BCUT2D eigenvalue weighted by Crippen LogP contribution is 2.36. The zero-order valence-electron chi connectivity index (χ0n) is 14.3. The first-order valence-corrected chi connectivity index (χ1v) is 7.94. The fourth-order valence-corrected chi connectivity index (χ4v) is 3.01. The molecule has 0 N–H and O–H groups in total. The lowest BCUT2D eigenvalue weighted by atomic mass is 9.92. The second-order valence-corrected chi connectivity index (χ2v) is 5.89. The lowest BCUT2D eigenvalue weighted by Gasteiger charge is -2.14. The van der Waals surface area contributed by atoms with Gasteiger partial charge in [-0.1, -0.05) is 5.11 Å². The molecule has 0 saturated heterocycles. The Morgan fingerprint density at radius 2 is 1.89 bits per heavy atom. The molecule has 0 amide bonds. The van der Waals surface area contributed by atoms with E-state index in [-0.39, 0.29) is 24.1 Å². The number of benzene rings is 1. The summed E-state index contributed by atoms with van der Waals surface area (Å²) in [7, 11) is 1.19. The standard InChI is InChI=1S/C16H16N4O7/c1-26-16(23)13-7-11(6-12(13)14(21)8-18-19-17)27-15(22)9-2-4-10(5-3-9)20(24)25/h2-5,11-13H,6-8H2,1H3/t11-,12+,13+/m0/s1. The maximum atomic E-state index is 12.2. The number of carbonyl (C=O) groups excluding carboxylic acids is 3. The highest BCUT2D eigenvalue weighted by molar-refractivity contribution is 5.91. The Hall–Kier alpha value is -3.46. The van der Waals surface area contributed by atoms with Crippen molar-refractivity contribution in [3.05, 3.63) is 50.4 Å². The molecule has 11 nitrogen and oxygen atoms in total. The van der Waals surface area contributed by atoms with Crippen molar-refractivity contribution in [3.63, 3.8) is 0 Å². The zero-order valence-corrected chi connectivity index (χ0v) is 14.3. The molecule has 0 heterocycles. The first-order valence-electron chi connectivity index (χ1n) is 7.94. The maximum Gasteiger partial charge on any atom is 0.338 e. The Balaban J connectivity index is 2.08. The minimum Gasteiger partial charge on any atom is -0.469 e. The number of azide groups is 1. The number of Topliss-reactive ketones (excluding diaryl/α,β-unsaturated/α-hetero) is 1. The number of methoxy groups -OCH3 is 1. The van der Waals surface area contributed by atoms with E-state index in [1.54, 1.807) is 0 Å². The van der Waals surface area contributed by atoms with Crippen molar-refractivity contribution in [2.24, 2.45) is 17.0 Å². The molecule has 11 heteroatoms. The minimum absolute atomic E-state index is 0.0953. The summed E-state index contributed by atoms with van der Waals surface area (Å²) >= 11 is 0. The molecule has 3 atom stereocenters. The minimum atomic E-state index is -0.800. The van der Waals surface area contributed by atoms with E-state index in [0.717, 1.165) is 0 Å². The summed E-state index contributed by atoms with van der Waals surface area (Å²) in [5.74, 6) is -3.34. The molecule has 27 heavy (non-hydrogen) atoms. The summed E-state index contributed by atoms with van der Waals surface area (Å²) in [6.45, 7) is -0.405. The molecule has 0 aromatic heterocycles. The fourth-order valence-electron chi connectivity index (χ4n) is 3.01. The van der Waals surface area contributed by atoms with Gasteiger partial charge >= 0.3 is 11.9 Å². The molecule has 0 radical (unpaired) electrons.